The Morgan fingerprint density at radius 1 is 1.31 bits per heavy atom. The van der Waals surface area contributed by atoms with Crippen molar-refractivity contribution in [3.63, 3.8) is 0 Å². The molecule has 0 atom stereocenters. The molecule has 0 heterocycles. The average molecular weight is 169 g/mol. The van der Waals surface area contributed by atoms with Crippen LogP contribution in [0, 0.1) is 11.3 Å². The van der Waals surface area contributed by atoms with Crippen LogP contribution in [0.5, 0.6) is 0 Å². The lowest BCUT2D eigenvalue weighted by atomic mass is 10.0. The van der Waals surface area contributed by atoms with E-state index in [0.29, 0.717) is 0 Å². The van der Waals surface area contributed by atoms with Crippen molar-refractivity contribution in [2.45, 2.75) is 19.8 Å². The van der Waals surface area contributed by atoms with Crippen LogP contribution >= 0.6 is 0 Å². The maximum absolute atomic E-state index is 8.81. The Morgan fingerprint density at radius 3 is 2.85 bits per heavy atom. The van der Waals surface area contributed by atoms with Crippen LogP contribution in [0.15, 0.2) is 29.8 Å². The molecule has 13 heavy (non-hydrogen) atoms. The van der Waals surface area contributed by atoms with Gasteiger partial charge in [-0.1, -0.05) is 24.3 Å². The molecule has 1 heteroatoms. The fraction of sp³-hybridized carbons (Fsp3) is 0.250. The van der Waals surface area contributed by atoms with Crippen molar-refractivity contribution in [1.29, 1.82) is 5.26 Å². The molecule has 0 saturated heterocycles. The number of benzene rings is 1. The summed E-state index contributed by atoms with van der Waals surface area (Å²) < 4.78 is 0. The monoisotopic (exact) mass is 169 g/mol. The molecule has 0 saturated carbocycles. The molecule has 0 unspecified atom stereocenters. The summed E-state index contributed by atoms with van der Waals surface area (Å²) in [7, 11) is 0. The molecule has 0 bridgehead atoms. The fourth-order valence-corrected chi connectivity index (χ4v) is 1.88. The van der Waals surface area contributed by atoms with E-state index in [1.54, 1.807) is 0 Å². The third-order valence-corrected chi connectivity index (χ3v) is 2.61. The Bertz CT molecular complexity index is 407. The zero-order valence-electron chi connectivity index (χ0n) is 7.67. The SMILES string of the molecule is CC(C#N)=C1CCc2ccccc21. The van der Waals surface area contributed by atoms with E-state index in [0.717, 1.165) is 18.4 Å². The van der Waals surface area contributed by atoms with E-state index < -0.39 is 0 Å². The number of fused-ring (bicyclic) bond motifs is 1. The first kappa shape index (κ1) is 8.07. The van der Waals surface area contributed by atoms with Crippen molar-refractivity contribution in [3.8, 4) is 6.07 Å². The van der Waals surface area contributed by atoms with Gasteiger partial charge in [0.15, 0.2) is 0 Å². The van der Waals surface area contributed by atoms with Crippen molar-refractivity contribution in [2.24, 2.45) is 0 Å². The van der Waals surface area contributed by atoms with Gasteiger partial charge in [0.25, 0.3) is 0 Å². The van der Waals surface area contributed by atoms with Gasteiger partial charge in [-0.25, -0.2) is 0 Å². The lowest BCUT2D eigenvalue weighted by molar-refractivity contribution is 1.08. The second kappa shape index (κ2) is 3.06. The molecule has 2 rings (SSSR count). The highest BCUT2D eigenvalue weighted by molar-refractivity contribution is 5.76. The molecule has 1 aliphatic rings. The molecule has 0 amide bonds. The largest absolute Gasteiger partial charge is 0.193 e. The summed E-state index contributed by atoms with van der Waals surface area (Å²) in [6.07, 6.45) is 2.11. The van der Waals surface area contributed by atoms with Gasteiger partial charge in [-0.2, -0.15) is 5.26 Å². The maximum atomic E-state index is 8.81. The van der Waals surface area contributed by atoms with Crippen LogP contribution in [0.1, 0.15) is 24.5 Å². The van der Waals surface area contributed by atoms with Crippen molar-refractivity contribution in [1.82, 2.24) is 0 Å². The van der Waals surface area contributed by atoms with Gasteiger partial charge < -0.3 is 0 Å². The molecule has 0 fully saturated rings. The Kier molecular flexibility index (Phi) is 1.90. The topological polar surface area (TPSA) is 23.8 Å². The van der Waals surface area contributed by atoms with Crippen LogP contribution < -0.4 is 0 Å². The average Bonchev–Trinajstić information content (AvgIpc) is 2.60. The van der Waals surface area contributed by atoms with Crippen LogP contribution in [-0.2, 0) is 6.42 Å². The lowest BCUT2D eigenvalue weighted by Crippen LogP contribution is -1.81. The van der Waals surface area contributed by atoms with Crippen LogP contribution in [-0.4, -0.2) is 0 Å². The van der Waals surface area contributed by atoms with Gasteiger partial charge in [0.05, 0.1) is 6.07 Å². The standard InChI is InChI=1S/C12H11N/c1-9(8-13)11-7-6-10-4-2-3-5-12(10)11/h2-5H,6-7H2,1H3. The summed E-state index contributed by atoms with van der Waals surface area (Å²) in [4.78, 5) is 0. The Hall–Kier alpha value is -1.55. The van der Waals surface area contributed by atoms with Crippen LogP contribution in [0.3, 0.4) is 0 Å². The number of rotatable bonds is 0. The summed E-state index contributed by atoms with van der Waals surface area (Å²) in [5.74, 6) is 0. The highest BCUT2D eigenvalue weighted by Crippen LogP contribution is 2.33. The van der Waals surface area contributed by atoms with E-state index in [2.05, 4.69) is 24.3 Å². The molecule has 1 nitrogen and oxygen atoms in total. The van der Waals surface area contributed by atoms with E-state index in [4.69, 9.17) is 5.26 Å². The summed E-state index contributed by atoms with van der Waals surface area (Å²) in [6, 6.07) is 10.6. The highest BCUT2D eigenvalue weighted by Gasteiger charge is 2.16. The maximum Gasteiger partial charge on any atom is 0.0947 e. The van der Waals surface area contributed by atoms with Gasteiger partial charge in [-0.15, -0.1) is 0 Å². The summed E-state index contributed by atoms with van der Waals surface area (Å²) >= 11 is 0. The minimum Gasteiger partial charge on any atom is -0.193 e. The van der Waals surface area contributed by atoms with Gasteiger partial charge in [-0.05, 0) is 36.5 Å². The summed E-state index contributed by atoms with van der Waals surface area (Å²) in [5.41, 5.74) is 4.76. The minimum atomic E-state index is 0.866. The van der Waals surface area contributed by atoms with Crippen molar-refractivity contribution in [3.05, 3.63) is 41.0 Å². The normalized spacial score (nSPS) is 17.8. The quantitative estimate of drug-likeness (QED) is 0.548. The molecule has 64 valence electrons. The van der Waals surface area contributed by atoms with Gasteiger partial charge in [-0.3, -0.25) is 0 Å². The third kappa shape index (κ3) is 1.25. The van der Waals surface area contributed by atoms with E-state index in [1.807, 2.05) is 13.0 Å². The first-order valence-electron chi connectivity index (χ1n) is 4.51. The van der Waals surface area contributed by atoms with E-state index >= 15 is 0 Å². The molecule has 1 aromatic carbocycles. The second-order valence-corrected chi connectivity index (χ2v) is 3.37. The molecule has 0 aliphatic heterocycles. The Labute approximate surface area is 78.3 Å². The van der Waals surface area contributed by atoms with Crippen LogP contribution in [0.4, 0.5) is 0 Å². The molecular weight excluding hydrogens is 158 g/mol. The minimum absolute atomic E-state index is 0.866. The predicted octanol–water partition coefficient (Wildman–Crippen LogP) is 2.93. The van der Waals surface area contributed by atoms with Gasteiger partial charge in [0.2, 0.25) is 0 Å². The number of hydrogen-bond acceptors (Lipinski definition) is 1. The first-order valence-corrected chi connectivity index (χ1v) is 4.51. The number of nitriles is 1. The Morgan fingerprint density at radius 2 is 2.08 bits per heavy atom. The van der Waals surface area contributed by atoms with Crippen LogP contribution in [0.25, 0.3) is 5.57 Å². The predicted molar refractivity (Wildman–Crippen MR) is 53.0 cm³/mol. The number of allylic oxidation sites excluding steroid dienone is 2. The molecule has 0 N–H and O–H groups in total. The molecule has 0 radical (unpaired) electrons. The highest BCUT2D eigenvalue weighted by atomic mass is 14.3. The van der Waals surface area contributed by atoms with Crippen molar-refractivity contribution >= 4 is 5.57 Å². The second-order valence-electron chi connectivity index (χ2n) is 3.37. The zero-order valence-corrected chi connectivity index (χ0v) is 7.67. The number of aryl methyl sites for hydroxylation is 1. The molecule has 1 aliphatic carbocycles. The van der Waals surface area contributed by atoms with Crippen molar-refractivity contribution in [2.75, 3.05) is 0 Å². The molecular formula is C12H11N. The van der Waals surface area contributed by atoms with E-state index in [1.165, 1.54) is 16.7 Å². The molecule has 0 spiro atoms. The van der Waals surface area contributed by atoms with Crippen molar-refractivity contribution < 1.29 is 0 Å². The first-order chi connectivity index (χ1) is 6.33. The molecule has 1 aromatic rings. The van der Waals surface area contributed by atoms with Gasteiger partial charge in [0, 0.05) is 5.57 Å². The van der Waals surface area contributed by atoms with E-state index in [-0.39, 0.29) is 0 Å². The van der Waals surface area contributed by atoms with Gasteiger partial charge in [0.1, 0.15) is 0 Å². The summed E-state index contributed by atoms with van der Waals surface area (Å²) in [6.45, 7) is 1.90. The smallest absolute Gasteiger partial charge is 0.0947 e. The number of nitrogens with zero attached hydrogens (tertiary/aromatic N) is 1. The molecule has 0 aromatic heterocycles. The third-order valence-electron chi connectivity index (χ3n) is 2.61. The van der Waals surface area contributed by atoms with Gasteiger partial charge >= 0.3 is 0 Å². The Balaban J connectivity index is 2.58. The zero-order chi connectivity index (χ0) is 9.26. The number of hydrogen-bond donors (Lipinski definition) is 0. The van der Waals surface area contributed by atoms with E-state index in [9.17, 15) is 0 Å². The lowest BCUT2D eigenvalue weighted by Gasteiger charge is -2.00. The fourth-order valence-electron chi connectivity index (χ4n) is 1.88. The van der Waals surface area contributed by atoms with Crippen LogP contribution in [0.2, 0.25) is 0 Å². The summed E-state index contributed by atoms with van der Waals surface area (Å²) in [5, 5.41) is 8.81.